The molecule has 1 unspecified atom stereocenters. The molecule has 2 aromatic carbocycles. The van der Waals surface area contributed by atoms with Gasteiger partial charge < -0.3 is 4.74 Å². The van der Waals surface area contributed by atoms with Crippen LogP contribution in [0, 0.1) is 5.41 Å². The van der Waals surface area contributed by atoms with E-state index in [1.807, 2.05) is 6.07 Å². The molecule has 3 rings (SSSR count). The Bertz CT molecular complexity index is 632. The van der Waals surface area contributed by atoms with Crippen molar-refractivity contribution in [3.8, 4) is 5.75 Å². The van der Waals surface area contributed by atoms with E-state index < -0.39 is 0 Å². The number of hydrogen-bond donors (Lipinski definition) is 0. The molecule has 1 aliphatic rings. The van der Waals surface area contributed by atoms with Gasteiger partial charge in [0.2, 0.25) is 0 Å². The second kappa shape index (κ2) is 4.82. The molecule has 1 heterocycles. The minimum absolute atomic E-state index is 0.0144. The summed E-state index contributed by atoms with van der Waals surface area (Å²) in [5.41, 5.74) is 2.57. The number of hydrogen-bond acceptors (Lipinski definition) is 1. The minimum atomic E-state index is 0.0144. The third-order valence-electron chi connectivity index (χ3n) is 3.69. The normalized spacial score (nSPS) is 17.9. The summed E-state index contributed by atoms with van der Waals surface area (Å²) in [6, 6.07) is 18.9. The number of benzene rings is 2. The summed E-state index contributed by atoms with van der Waals surface area (Å²) >= 11 is 0. The maximum absolute atomic E-state index is 6.11. The van der Waals surface area contributed by atoms with Crippen molar-refractivity contribution in [3.63, 3.8) is 0 Å². The van der Waals surface area contributed by atoms with E-state index in [4.69, 9.17) is 4.74 Å². The number of ether oxygens (including phenoxy) is 1. The Balaban J connectivity index is 2.13. The lowest BCUT2D eigenvalue weighted by atomic mass is 9.83. The van der Waals surface area contributed by atoms with Gasteiger partial charge >= 0.3 is 0 Å². The van der Waals surface area contributed by atoms with Gasteiger partial charge in [0.05, 0.1) is 0 Å². The standard InChI is InChI=1S/C19H20O/c1-19(2,3)18-13-16(14-9-5-4-6-10-14)15-11-7-8-12-17(15)20-18/h4-13,16H,1-3H3. The van der Waals surface area contributed by atoms with Crippen molar-refractivity contribution in [1.82, 2.24) is 0 Å². The van der Waals surface area contributed by atoms with Crippen LogP contribution in [0.2, 0.25) is 0 Å². The molecule has 102 valence electrons. The fourth-order valence-electron chi connectivity index (χ4n) is 2.56. The first-order chi connectivity index (χ1) is 9.55. The lowest BCUT2D eigenvalue weighted by molar-refractivity contribution is 0.281. The minimum Gasteiger partial charge on any atom is -0.461 e. The van der Waals surface area contributed by atoms with E-state index in [2.05, 4.69) is 75.4 Å². The fourth-order valence-corrected chi connectivity index (χ4v) is 2.56. The molecular formula is C19H20O. The molecule has 2 aromatic rings. The number of fused-ring (bicyclic) bond motifs is 1. The maximum Gasteiger partial charge on any atom is 0.131 e. The van der Waals surface area contributed by atoms with E-state index in [0.29, 0.717) is 0 Å². The number of allylic oxidation sites excluding steroid dienone is 2. The van der Waals surface area contributed by atoms with Crippen LogP contribution in [0.3, 0.4) is 0 Å². The molecule has 0 N–H and O–H groups in total. The highest BCUT2D eigenvalue weighted by molar-refractivity contribution is 5.49. The lowest BCUT2D eigenvalue weighted by Crippen LogP contribution is -2.20. The van der Waals surface area contributed by atoms with Crippen molar-refractivity contribution < 1.29 is 4.74 Å². The smallest absolute Gasteiger partial charge is 0.131 e. The summed E-state index contributed by atoms with van der Waals surface area (Å²) in [7, 11) is 0. The van der Waals surface area contributed by atoms with Crippen LogP contribution in [0.15, 0.2) is 66.4 Å². The Morgan fingerprint density at radius 3 is 2.20 bits per heavy atom. The van der Waals surface area contributed by atoms with Crippen molar-refractivity contribution >= 4 is 0 Å². The zero-order chi connectivity index (χ0) is 14.2. The zero-order valence-electron chi connectivity index (χ0n) is 12.3. The average molecular weight is 264 g/mol. The summed E-state index contributed by atoms with van der Waals surface area (Å²) < 4.78 is 6.11. The van der Waals surface area contributed by atoms with Gasteiger partial charge in [0.15, 0.2) is 0 Å². The van der Waals surface area contributed by atoms with Crippen LogP contribution in [0.1, 0.15) is 37.8 Å². The van der Waals surface area contributed by atoms with E-state index in [0.717, 1.165) is 11.5 Å². The van der Waals surface area contributed by atoms with E-state index >= 15 is 0 Å². The summed E-state index contributed by atoms with van der Waals surface area (Å²) in [4.78, 5) is 0. The molecule has 0 saturated carbocycles. The second-order valence-electron chi connectivity index (χ2n) is 6.31. The van der Waals surface area contributed by atoms with Crippen molar-refractivity contribution in [3.05, 3.63) is 77.6 Å². The first-order valence-corrected chi connectivity index (χ1v) is 7.10. The zero-order valence-corrected chi connectivity index (χ0v) is 12.3. The predicted molar refractivity (Wildman–Crippen MR) is 82.9 cm³/mol. The molecule has 0 fully saturated rings. The molecule has 0 spiro atoms. The molecule has 0 saturated heterocycles. The number of para-hydroxylation sites is 1. The second-order valence-corrected chi connectivity index (χ2v) is 6.31. The van der Waals surface area contributed by atoms with Crippen molar-refractivity contribution in [2.75, 3.05) is 0 Å². The molecule has 1 atom stereocenters. The van der Waals surface area contributed by atoms with Gasteiger partial charge in [-0.15, -0.1) is 0 Å². The molecule has 0 amide bonds. The summed E-state index contributed by atoms with van der Waals surface area (Å²) in [6.07, 6.45) is 2.26. The lowest BCUT2D eigenvalue weighted by Gasteiger charge is -2.31. The van der Waals surface area contributed by atoms with Gasteiger partial charge in [0, 0.05) is 16.9 Å². The van der Waals surface area contributed by atoms with E-state index in [1.54, 1.807) is 0 Å². The SMILES string of the molecule is CC(C)(C)C1=CC(c2ccccc2)c2ccccc2O1. The third-order valence-corrected chi connectivity index (χ3v) is 3.69. The average Bonchev–Trinajstić information content (AvgIpc) is 2.46. The molecule has 0 aliphatic carbocycles. The van der Waals surface area contributed by atoms with Crippen LogP contribution in [-0.4, -0.2) is 0 Å². The highest BCUT2D eigenvalue weighted by atomic mass is 16.5. The third kappa shape index (κ3) is 2.36. The largest absolute Gasteiger partial charge is 0.461 e. The summed E-state index contributed by atoms with van der Waals surface area (Å²) in [5.74, 6) is 2.30. The van der Waals surface area contributed by atoms with Gasteiger partial charge in [-0.1, -0.05) is 69.3 Å². The molecule has 20 heavy (non-hydrogen) atoms. The molecular weight excluding hydrogens is 244 g/mol. The Morgan fingerprint density at radius 1 is 0.850 bits per heavy atom. The highest BCUT2D eigenvalue weighted by Gasteiger charge is 2.28. The highest BCUT2D eigenvalue weighted by Crippen LogP contribution is 2.42. The van der Waals surface area contributed by atoms with Crippen LogP contribution >= 0.6 is 0 Å². The molecule has 1 aliphatic heterocycles. The summed E-state index contributed by atoms with van der Waals surface area (Å²) in [5, 5.41) is 0. The van der Waals surface area contributed by atoms with Crippen LogP contribution in [0.4, 0.5) is 0 Å². The number of rotatable bonds is 1. The molecule has 1 nitrogen and oxygen atoms in total. The Kier molecular flexibility index (Phi) is 3.13. The quantitative estimate of drug-likeness (QED) is 0.693. The topological polar surface area (TPSA) is 9.23 Å². The maximum atomic E-state index is 6.11. The van der Waals surface area contributed by atoms with E-state index in [1.165, 1.54) is 11.1 Å². The first-order valence-electron chi connectivity index (χ1n) is 7.10. The molecule has 0 aromatic heterocycles. The van der Waals surface area contributed by atoms with Gasteiger partial charge in [-0.25, -0.2) is 0 Å². The predicted octanol–water partition coefficient (Wildman–Crippen LogP) is 5.14. The van der Waals surface area contributed by atoms with Crippen molar-refractivity contribution in [2.45, 2.75) is 26.7 Å². The van der Waals surface area contributed by atoms with Crippen molar-refractivity contribution in [2.24, 2.45) is 5.41 Å². The molecule has 1 heteroatoms. The van der Waals surface area contributed by atoms with Crippen molar-refractivity contribution in [1.29, 1.82) is 0 Å². The van der Waals surface area contributed by atoms with Gasteiger partial charge in [-0.3, -0.25) is 0 Å². The Morgan fingerprint density at radius 2 is 1.50 bits per heavy atom. The van der Waals surface area contributed by atoms with Crippen LogP contribution in [0.5, 0.6) is 5.75 Å². The fraction of sp³-hybridized carbons (Fsp3) is 0.263. The van der Waals surface area contributed by atoms with Gasteiger partial charge in [0.25, 0.3) is 0 Å². The van der Waals surface area contributed by atoms with E-state index in [-0.39, 0.29) is 11.3 Å². The first kappa shape index (κ1) is 13.0. The van der Waals surface area contributed by atoms with Gasteiger partial charge in [-0.2, -0.15) is 0 Å². The van der Waals surface area contributed by atoms with Gasteiger partial charge in [0.1, 0.15) is 11.5 Å². The van der Waals surface area contributed by atoms with Crippen LogP contribution in [-0.2, 0) is 0 Å². The Hall–Kier alpha value is -2.02. The van der Waals surface area contributed by atoms with Crippen LogP contribution in [0.25, 0.3) is 0 Å². The molecule has 0 radical (unpaired) electrons. The van der Waals surface area contributed by atoms with Crippen LogP contribution < -0.4 is 4.74 Å². The Labute approximate surface area is 120 Å². The monoisotopic (exact) mass is 264 g/mol. The van der Waals surface area contributed by atoms with Gasteiger partial charge in [-0.05, 0) is 17.7 Å². The summed E-state index contributed by atoms with van der Waals surface area (Å²) in [6.45, 7) is 6.57. The molecule has 0 bridgehead atoms. The van der Waals surface area contributed by atoms with E-state index in [9.17, 15) is 0 Å².